The summed E-state index contributed by atoms with van der Waals surface area (Å²) in [6.07, 6.45) is 0.737. The van der Waals surface area contributed by atoms with Crippen LogP contribution >= 0.6 is 11.6 Å². The Balaban J connectivity index is 1.62. The van der Waals surface area contributed by atoms with Gasteiger partial charge in [-0.05, 0) is 66.9 Å². The van der Waals surface area contributed by atoms with Crippen molar-refractivity contribution in [3.63, 3.8) is 0 Å². The van der Waals surface area contributed by atoms with Crippen LogP contribution in [-0.4, -0.2) is 29.4 Å². The highest BCUT2D eigenvalue weighted by Crippen LogP contribution is 2.42. The Bertz CT molecular complexity index is 1300. The fourth-order valence-corrected chi connectivity index (χ4v) is 4.66. The number of hydrogen-bond donors (Lipinski definition) is 1. The van der Waals surface area contributed by atoms with Crippen LogP contribution in [0.1, 0.15) is 47.2 Å². The number of aliphatic carboxylic acids is 1. The number of carboxylic acid groups (broad SMARTS) is 1. The molecule has 0 saturated carbocycles. The van der Waals surface area contributed by atoms with Crippen molar-refractivity contribution in [2.75, 3.05) is 16.3 Å². The average molecular weight is 503 g/mol. The molecule has 2 amide bonds. The zero-order chi connectivity index (χ0) is 25.8. The molecule has 0 spiro atoms. The van der Waals surface area contributed by atoms with E-state index < -0.39 is 11.9 Å². The van der Waals surface area contributed by atoms with E-state index in [4.69, 9.17) is 16.7 Å². The number of benzene rings is 3. The fourth-order valence-electron chi connectivity index (χ4n) is 4.54. The van der Waals surface area contributed by atoms with Gasteiger partial charge in [0.05, 0.1) is 11.6 Å². The molecule has 1 atom stereocenters. The lowest BCUT2D eigenvalue weighted by molar-refractivity contribution is -0.137. The van der Waals surface area contributed by atoms with Crippen molar-refractivity contribution < 1.29 is 19.5 Å². The number of nitrogens with zero attached hydrogens (tertiary/aromatic N) is 2. The van der Waals surface area contributed by atoms with Gasteiger partial charge in [-0.15, -0.1) is 0 Å². The largest absolute Gasteiger partial charge is 0.481 e. The van der Waals surface area contributed by atoms with Crippen LogP contribution in [0.4, 0.5) is 11.4 Å². The summed E-state index contributed by atoms with van der Waals surface area (Å²) in [5.41, 5.74) is 4.02. The van der Waals surface area contributed by atoms with Gasteiger partial charge >= 0.3 is 5.97 Å². The number of hydrogen-bond acceptors (Lipinski definition) is 3. The number of allylic oxidation sites excluding steroid dienone is 1. The van der Waals surface area contributed by atoms with Crippen LogP contribution in [0.5, 0.6) is 0 Å². The molecule has 0 unspecified atom stereocenters. The second-order valence-corrected chi connectivity index (χ2v) is 9.11. The quantitative estimate of drug-likeness (QED) is 0.426. The van der Waals surface area contributed by atoms with E-state index in [9.17, 15) is 14.4 Å². The van der Waals surface area contributed by atoms with Crippen LogP contribution in [0.3, 0.4) is 0 Å². The normalized spacial score (nSPS) is 14.8. The van der Waals surface area contributed by atoms with Gasteiger partial charge in [0, 0.05) is 41.4 Å². The summed E-state index contributed by atoms with van der Waals surface area (Å²) in [7, 11) is 0. The van der Waals surface area contributed by atoms with E-state index in [-0.39, 0.29) is 18.2 Å². The van der Waals surface area contributed by atoms with Gasteiger partial charge in [0.1, 0.15) is 0 Å². The van der Waals surface area contributed by atoms with Crippen molar-refractivity contribution >= 4 is 40.8 Å². The molecule has 4 rings (SSSR count). The summed E-state index contributed by atoms with van der Waals surface area (Å²) < 4.78 is 0. The lowest BCUT2D eigenvalue weighted by atomic mass is 9.86. The molecule has 1 N–H and O–H groups in total. The van der Waals surface area contributed by atoms with Gasteiger partial charge in [0.15, 0.2) is 0 Å². The van der Waals surface area contributed by atoms with Crippen LogP contribution in [0.2, 0.25) is 5.02 Å². The summed E-state index contributed by atoms with van der Waals surface area (Å²) in [5, 5.41) is 9.49. The fraction of sp³-hybridized carbons (Fsp3) is 0.207. The van der Waals surface area contributed by atoms with E-state index >= 15 is 0 Å². The Labute approximate surface area is 215 Å². The topological polar surface area (TPSA) is 77.9 Å². The molecule has 0 fully saturated rings. The van der Waals surface area contributed by atoms with Crippen LogP contribution in [0, 0.1) is 0 Å². The standard InChI is InChI=1S/C29H27ClN2O4/c1-3-31(23-15-13-22(30)14-16-23)29(36)25-18-19(2)32(26-7-5-4-6-24(25)26)28(35)21-11-8-20(9-12-21)10-17-27(33)34/h4-9,11-16,25H,2-3,10,17-18H2,1H3,(H,33,34)/t25-/m0/s1. The number of likely N-dealkylation sites (N-methyl/N-ethyl adjacent to an activating group) is 1. The lowest BCUT2D eigenvalue weighted by Crippen LogP contribution is -2.41. The highest BCUT2D eigenvalue weighted by atomic mass is 35.5. The van der Waals surface area contributed by atoms with Crippen LogP contribution in [0.15, 0.2) is 85.1 Å². The van der Waals surface area contributed by atoms with Gasteiger partial charge in [0.2, 0.25) is 5.91 Å². The van der Waals surface area contributed by atoms with Crippen molar-refractivity contribution in [1.29, 1.82) is 0 Å². The molecule has 1 heterocycles. The molecule has 36 heavy (non-hydrogen) atoms. The Morgan fingerprint density at radius 1 is 1.03 bits per heavy atom. The van der Waals surface area contributed by atoms with E-state index in [2.05, 4.69) is 6.58 Å². The average Bonchev–Trinajstić information content (AvgIpc) is 2.88. The number of fused-ring (bicyclic) bond motifs is 1. The maximum absolute atomic E-state index is 13.7. The smallest absolute Gasteiger partial charge is 0.303 e. The molecule has 0 aromatic heterocycles. The minimum absolute atomic E-state index is 0.0316. The number of anilines is 2. The van der Waals surface area contributed by atoms with Gasteiger partial charge < -0.3 is 10.0 Å². The third-order valence-corrected chi connectivity index (χ3v) is 6.61. The van der Waals surface area contributed by atoms with E-state index in [0.717, 1.165) is 16.8 Å². The Kier molecular flexibility index (Phi) is 7.55. The minimum Gasteiger partial charge on any atom is -0.481 e. The molecule has 1 aliphatic heterocycles. The number of carbonyl (C=O) groups is 3. The third kappa shape index (κ3) is 5.19. The SMILES string of the molecule is C=C1C[C@H](C(=O)N(CC)c2ccc(Cl)cc2)c2ccccc2N1C(=O)c1ccc(CCC(=O)O)cc1. The number of amides is 2. The summed E-state index contributed by atoms with van der Waals surface area (Å²) in [6.45, 7) is 6.57. The number of para-hydroxylation sites is 1. The molecule has 0 bridgehead atoms. The van der Waals surface area contributed by atoms with Crippen LogP contribution < -0.4 is 9.80 Å². The molecule has 0 aliphatic carbocycles. The van der Waals surface area contributed by atoms with Crippen molar-refractivity contribution in [3.8, 4) is 0 Å². The highest BCUT2D eigenvalue weighted by Gasteiger charge is 2.37. The van der Waals surface area contributed by atoms with Crippen molar-refractivity contribution in [2.24, 2.45) is 0 Å². The molecule has 0 saturated heterocycles. The number of rotatable bonds is 7. The molecular weight excluding hydrogens is 476 g/mol. The van der Waals surface area contributed by atoms with Gasteiger partial charge in [-0.2, -0.15) is 0 Å². The molecule has 3 aromatic rings. The van der Waals surface area contributed by atoms with Crippen molar-refractivity contribution in [3.05, 3.63) is 107 Å². The minimum atomic E-state index is -0.863. The first-order valence-electron chi connectivity index (χ1n) is 11.8. The predicted molar refractivity (Wildman–Crippen MR) is 142 cm³/mol. The first-order chi connectivity index (χ1) is 17.3. The second kappa shape index (κ2) is 10.8. The third-order valence-electron chi connectivity index (χ3n) is 6.36. The first-order valence-corrected chi connectivity index (χ1v) is 12.2. The van der Waals surface area contributed by atoms with Crippen molar-refractivity contribution in [1.82, 2.24) is 0 Å². The highest BCUT2D eigenvalue weighted by molar-refractivity contribution is 6.30. The van der Waals surface area contributed by atoms with Crippen LogP contribution in [0.25, 0.3) is 0 Å². The summed E-state index contributed by atoms with van der Waals surface area (Å²) in [5.74, 6) is -1.65. The summed E-state index contributed by atoms with van der Waals surface area (Å²) in [4.78, 5) is 41.4. The number of carbonyl (C=O) groups excluding carboxylic acids is 2. The summed E-state index contributed by atoms with van der Waals surface area (Å²) >= 11 is 6.03. The molecule has 6 nitrogen and oxygen atoms in total. The van der Waals surface area contributed by atoms with Crippen molar-refractivity contribution in [2.45, 2.75) is 32.1 Å². The van der Waals surface area contributed by atoms with E-state index in [1.54, 1.807) is 46.2 Å². The molecule has 184 valence electrons. The van der Waals surface area contributed by atoms with Gasteiger partial charge in [0.25, 0.3) is 5.91 Å². The number of carboxylic acids is 1. The monoisotopic (exact) mass is 502 g/mol. The first kappa shape index (κ1) is 25.2. The molecule has 7 heteroatoms. The van der Waals surface area contributed by atoms with Gasteiger partial charge in [-0.3, -0.25) is 19.3 Å². The second-order valence-electron chi connectivity index (χ2n) is 8.67. The Morgan fingerprint density at radius 2 is 1.69 bits per heavy atom. The molecule has 1 aliphatic rings. The molecule has 3 aromatic carbocycles. The maximum Gasteiger partial charge on any atom is 0.303 e. The van der Waals surface area contributed by atoms with E-state index in [1.807, 2.05) is 43.3 Å². The van der Waals surface area contributed by atoms with Gasteiger partial charge in [-0.1, -0.05) is 48.5 Å². The number of aryl methyl sites for hydroxylation is 1. The predicted octanol–water partition coefficient (Wildman–Crippen LogP) is 6.06. The molecular formula is C29H27ClN2O4. The van der Waals surface area contributed by atoms with E-state index in [1.165, 1.54) is 0 Å². The van der Waals surface area contributed by atoms with Crippen LogP contribution in [-0.2, 0) is 16.0 Å². The zero-order valence-corrected chi connectivity index (χ0v) is 20.7. The van der Waals surface area contributed by atoms with Gasteiger partial charge in [-0.25, -0.2) is 0 Å². The summed E-state index contributed by atoms with van der Waals surface area (Å²) in [6, 6.07) is 21.5. The zero-order valence-electron chi connectivity index (χ0n) is 20.0. The Morgan fingerprint density at radius 3 is 2.33 bits per heavy atom. The lowest BCUT2D eigenvalue weighted by Gasteiger charge is -2.37. The molecule has 0 radical (unpaired) electrons. The van der Waals surface area contributed by atoms with E-state index in [0.29, 0.717) is 41.4 Å². The Hall–Kier alpha value is -3.90. The number of halogens is 1. The maximum atomic E-state index is 13.7.